The molecule has 81 heavy (non-hydrogen) atoms. The molecule has 1 aliphatic heterocycles. The molecule has 4 aromatic rings. The van der Waals surface area contributed by atoms with Crippen LogP contribution in [-0.4, -0.2) is 142 Å². The van der Waals surface area contributed by atoms with E-state index >= 15 is 0 Å². The Morgan fingerprint density at radius 2 is 1.36 bits per heavy atom. The van der Waals surface area contributed by atoms with Crippen LogP contribution >= 0.6 is 0 Å². The van der Waals surface area contributed by atoms with Gasteiger partial charge in [-0.3, -0.25) is 52.9 Å². The molecule has 0 bridgehead atoms. The van der Waals surface area contributed by atoms with E-state index in [1.165, 1.54) is 19.4 Å². The molecule has 26 nitrogen and oxygen atoms in total. The lowest BCUT2D eigenvalue weighted by Gasteiger charge is -2.28. The molecule has 2 aromatic carbocycles. The minimum absolute atomic E-state index is 0.00246. The van der Waals surface area contributed by atoms with Gasteiger partial charge in [0.25, 0.3) is 0 Å². The zero-order valence-corrected chi connectivity index (χ0v) is 45.9. The highest BCUT2D eigenvalue weighted by molar-refractivity contribution is 5.99. The van der Waals surface area contributed by atoms with Crippen LogP contribution in [0.25, 0.3) is 10.9 Å². The second kappa shape index (κ2) is 32.9. The van der Waals surface area contributed by atoms with Gasteiger partial charge in [0.2, 0.25) is 59.1 Å². The summed E-state index contributed by atoms with van der Waals surface area (Å²) in [6.45, 7) is 3.38. The van der Waals surface area contributed by atoms with Gasteiger partial charge in [0.15, 0.2) is 5.96 Å². The zero-order valence-electron chi connectivity index (χ0n) is 45.9. The van der Waals surface area contributed by atoms with Crippen LogP contribution in [0, 0.1) is 0 Å². The number of hydrogen-bond acceptors (Lipinski definition) is 12. The van der Waals surface area contributed by atoms with Crippen LogP contribution < -0.4 is 65.1 Å². The molecule has 3 heterocycles. The number of unbranched alkanes of at least 4 members (excludes halogenated alkanes) is 1. The quantitative estimate of drug-likeness (QED) is 0.0345. The highest BCUT2D eigenvalue weighted by Gasteiger charge is 2.35. The Balaban J connectivity index is 1.53. The first-order chi connectivity index (χ1) is 38.9. The molecule has 0 radical (unpaired) electrons. The van der Waals surface area contributed by atoms with Gasteiger partial charge in [-0.2, -0.15) is 0 Å². The maximum atomic E-state index is 14.8. The number of fused-ring (bicyclic) bond motifs is 1. The van der Waals surface area contributed by atoms with Gasteiger partial charge in [0.05, 0.1) is 12.7 Å². The Labute approximate surface area is 469 Å². The number of rotatable bonds is 17. The Morgan fingerprint density at radius 1 is 0.704 bits per heavy atom. The van der Waals surface area contributed by atoms with Gasteiger partial charge in [0.1, 0.15) is 42.3 Å². The van der Waals surface area contributed by atoms with Gasteiger partial charge in [-0.1, -0.05) is 68.3 Å². The third-order valence-corrected chi connectivity index (χ3v) is 13.5. The molecule has 17 N–H and O–H groups in total. The lowest BCUT2D eigenvalue weighted by Crippen LogP contribution is -2.60. The molecular formula is C55H78N16O10. The second-order valence-corrected chi connectivity index (χ2v) is 20.0. The average molecular weight is 1120 g/mol. The number of aromatic nitrogens is 3. The Bertz CT molecular complexity index is 2780. The summed E-state index contributed by atoms with van der Waals surface area (Å²) < 4.78 is 0. The molecule has 10 amide bonds. The van der Waals surface area contributed by atoms with Crippen molar-refractivity contribution in [1.82, 2.24) is 62.8 Å². The van der Waals surface area contributed by atoms with Crippen molar-refractivity contribution < 1.29 is 47.9 Å². The standard InChI is InChI=1S/C55H78N16O10/c1-3-4-18-40(65-33(2)72)50(77)71-45-29-47(74)60-23-12-10-20-39(48(56)75)66-46(73)22-11-13-24-61-49(76)43(27-35-30-63-38-19-9-8-17-37(35)38)69-51(78)41(21-14-25-62-55(57)58)67-52(79)42(26-34-15-6-5-7-16-34)68-53(80)44(70-54(45)81)28-36-31-59-32-64-36/h5-9,15-17,19,30-32,39-45,63H,3-4,10-14,18,20-29H2,1-2H3,(H2,56,75)(H,59,64)(H,60,74)(H,61,76)(H,65,72)(H,66,73)(H,67,79)(H,68,80)(H,69,78)(H,70,81)(H,71,77)(H4,57,58,62)/t39-,40-,41-,42+,43+,44-,45-/m0/s1. The number of imidazole rings is 1. The molecule has 0 unspecified atom stereocenters. The number of carbonyl (C=O) groups is 10. The first kappa shape index (κ1) is 63.0. The van der Waals surface area contributed by atoms with Crippen molar-refractivity contribution in [3.05, 3.63) is 90.1 Å². The third-order valence-electron chi connectivity index (χ3n) is 13.5. The SMILES string of the molecule is CCCC[C@H](NC(C)=O)C(=O)N[C@H]1CC(=O)NCCCC[C@@H](C(N)=O)NC(=O)CCCCNC(=O)[C@@H](Cc2c[nH]c3ccccc23)NC(=O)[C@H](CCCN=C(N)N)NC(=O)[C@@H](Cc2ccccc2)NC(=O)[C@H](Cc2cnc[nH]2)NC1=O. The van der Waals surface area contributed by atoms with Crippen LogP contribution in [0.2, 0.25) is 0 Å². The number of aliphatic imine (C=N–C) groups is 1. The summed E-state index contributed by atoms with van der Waals surface area (Å²) >= 11 is 0. The number of hydrogen-bond donors (Lipinski definition) is 14. The number of carbonyl (C=O) groups excluding carboxylic acids is 10. The van der Waals surface area contributed by atoms with E-state index < -0.39 is 108 Å². The van der Waals surface area contributed by atoms with Crippen LogP contribution in [0.1, 0.15) is 108 Å². The number of guanidine groups is 1. The van der Waals surface area contributed by atoms with Gasteiger partial charge < -0.3 is 75.0 Å². The smallest absolute Gasteiger partial charge is 0.243 e. The van der Waals surface area contributed by atoms with Crippen molar-refractivity contribution in [2.45, 2.75) is 152 Å². The first-order valence-corrected chi connectivity index (χ1v) is 27.4. The van der Waals surface area contributed by atoms with E-state index in [4.69, 9.17) is 17.2 Å². The number of benzene rings is 2. The molecule has 1 fully saturated rings. The molecule has 0 saturated carbocycles. The van der Waals surface area contributed by atoms with Crippen LogP contribution in [0.5, 0.6) is 0 Å². The van der Waals surface area contributed by atoms with Crippen molar-refractivity contribution in [3.63, 3.8) is 0 Å². The van der Waals surface area contributed by atoms with E-state index in [1.807, 2.05) is 31.2 Å². The summed E-state index contributed by atoms with van der Waals surface area (Å²) in [5, 5.41) is 25.3. The number of aromatic amines is 2. The largest absolute Gasteiger partial charge is 0.370 e. The summed E-state index contributed by atoms with van der Waals surface area (Å²) in [6.07, 6.45) is 6.59. The molecule has 0 aliphatic carbocycles. The minimum Gasteiger partial charge on any atom is -0.370 e. The Morgan fingerprint density at radius 3 is 2.05 bits per heavy atom. The Hall–Kier alpha value is -8.84. The number of nitrogens with two attached hydrogens (primary N) is 3. The number of nitrogens with one attached hydrogen (secondary N) is 11. The molecular weight excluding hydrogens is 1040 g/mol. The maximum Gasteiger partial charge on any atom is 0.243 e. The molecule has 26 heteroatoms. The maximum absolute atomic E-state index is 14.8. The van der Waals surface area contributed by atoms with Crippen molar-refractivity contribution in [3.8, 4) is 0 Å². The predicted molar refractivity (Wildman–Crippen MR) is 301 cm³/mol. The summed E-state index contributed by atoms with van der Waals surface area (Å²) in [4.78, 5) is 152. The number of H-pyrrole nitrogens is 2. The van der Waals surface area contributed by atoms with E-state index in [0.717, 1.165) is 10.9 Å². The number of primary amides is 1. The summed E-state index contributed by atoms with van der Waals surface area (Å²) in [5.74, 6) is -7.30. The lowest BCUT2D eigenvalue weighted by molar-refractivity contribution is -0.136. The fourth-order valence-electron chi connectivity index (χ4n) is 9.14. The van der Waals surface area contributed by atoms with Gasteiger partial charge in [-0.25, -0.2) is 4.98 Å². The fourth-order valence-corrected chi connectivity index (χ4v) is 9.14. The van der Waals surface area contributed by atoms with Gasteiger partial charge >= 0.3 is 0 Å². The second-order valence-electron chi connectivity index (χ2n) is 20.0. The fraction of sp³-hybridized carbons (Fsp3) is 0.491. The van der Waals surface area contributed by atoms with Crippen LogP contribution in [0.3, 0.4) is 0 Å². The predicted octanol–water partition coefficient (Wildman–Crippen LogP) is -0.962. The normalized spacial score (nSPS) is 21.3. The van der Waals surface area contributed by atoms with Gasteiger partial charge in [-0.15, -0.1) is 0 Å². The van der Waals surface area contributed by atoms with Crippen LogP contribution in [0.4, 0.5) is 0 Å². The van der Waals surface area contributed by atoms with E-state index in [1.54, 1.807) is 36.5 Å². The molecule has 1 aliphatic rings. The van der Waals surface area contributed by atoms with Crippen molar-refractivity contribution in [1.29, 1.82) is 0 Å². The molecule has 7 atom stereocenters. The van der Waals surface area contributed by atoms with Crippen LogP contribution in [-0.2, 0) is 67.2 Å². The Kier molecular flexibility index (Phi) is 25.6. The van der Waals surface area contributed by atoms with Crippen molar-refractivity contribution in [2.24, 2.45) is 22.2 Å². The van der Waals surface area contributed by atoms with E-state index in [2.05, 4.69) is 67.8 Å². The van der Waals surface area contributed by atoms with Crippen molar-refractivity contribution in [2.75, 3.05) is 19.6 Å². The number of para-hydroxylation sites is 1. The highest BCUT2D eigenvalue weighted by Crippen LogP contribution is 2.20. The molecule has 5 rings (SSSR count). The lowest BCUT2D eigenvalue weighted by atomic mass is 10.0. The van der Waals surface area contributed by atoms with Gasteiger partial charge in [-0.05, 0) is 68.6 Å². The first-order valence-electron chi connectivity index (χ1n) is 27.4. The summed E-state index contributed by atoms with van der Waals surface area (Å²) in [6, 6.07) is 7.00. The monoisotopic (exact) mass is 1120 g/mol. The topological polar surface area (TPSA) is 414 Å². The third kappa shape index (κ3) is 21.7. The number of amides is 10. The minimum atomic E-state index is -1.61. The van der Waals surface area contributed by atoms with Gasteiger partial charge in [0, 0.05) is 81.2 Å². The molecule has 2 aromatic heterocycles. The van der Waals surface area contributed by atoms with E-state index in [9.17, 15) is 47.9 Å². The van der Waals surface area contributed by atoms with E-state index in [0.29, 0.717) is 55.3 Å². The molecule has 1 saturated heterocycles. The molecule has 438 valence electrons. The average Bonchev–Trinajstić information content (AvgIpc) is 4.33. The van der Waals surface area contributed by atoms with Crippen molar-refractivity contribution >= 4 is 75.9 Å². The summed E-state index contributed by atoms with van der Waals surface area (Å²) in [7, 11) is 0. The zero-order chi connectivity index (χ0) is 58.7. The van der Waals surface area contributed by atoms with Crippen LogP contribution in [0.15, 0.2) is 78.3 Å². The highest BCUT2D eigenvalue weighted by atomic mass is 16.2. The summed E-state index contributed by atoms with van der Waals surface area (Å²) in [5.41, 5.74) is 19.4. The molecule has 0 spiro atoms. The number of nitrogens with zero attached hydrogens (tertiary/aromatic N) is 2. The van der Waals surface area contributed by atoms with E-state index in [-0.39, 0.29) is 77.0 Å².